The molecule has 3 heterocycles. The molecule has 1 saturated heterocycles. The molecule has 2 aliphatic heterocycles. The van der Waals surface area contributed by atoms with Gasteiger partial charge in [-0.3, -0.25) is 19.8 Å². The number of amides is 1. The van der Waals surface area contributed by atoms with Gasteiger partial charge in [0.2, 0.25) is 0 Å². The third-order valence-corrected chi connectivity index (χ3v) is 7.05. The van der Waals surface area contributed by atoms with E-state index in [9.17, 15) is 4.79 Å². The number of benzene rings is 1. The number of halogens is 1. The molecule has 0 bridgehead atoms. The lowest BCUT2D eigenvalue weighted by atomic mass is 9.96. The molecular weight excluding hydrogens is 412 g/mol. The molecule has 1 aromatic heterocycles. The monoisotopic (exact) mass is 440 g/mol. The van der Waals surface area contributed by atoms with E-state index in [0.29, 0.717) is 36.4 Å². The molecule has 1 spiro atoms. The summed E-state index contributed by atoms with van der Waals surface area (Å²) >= 11 is 6.32. The highest BCUT2D eigenvalue weighted by Crippen LogP contribution is 2.32. The van der Waals surface area contributed by atoms with Crippen molar-refractivity contribution in [3.63, 3.8) is 0 Å². The number of hydrogen-bond donors (Lipinski definition) is 2. The van der Waals surface area contributed by atoms with E-state index in [4.69, 9.17) is 16.6 Å². The van der Waals surface area contributed by atoms with Crippen molar-refractivity contribution in [2.75, 3.05) is 18.4 Å². The first-order valence-electron chi connectivity index (χ1n) is 11.3. The number of carbonyl (C=O) groups excluding carboxylic acids is 1. The molecular formula is C23H29ClN6O. The SMILES string of the molecule is CCn1cc(Cl)c(C(=O)N2CC[C@@]3(C2)NCc2ccccc2NC3=NC2CCCC2)n1. The summed E-state index contributed by atoms with van der Waals surface area (Å²) in [7, 11) is 0. The second-order valence-corrected chi connectivity index (χ2v) is 9.20. The number of amidine groups is 1. The number of hydrogen-bond acceptors (Lipinski definition) is 4. The number of para-hydroxylation sites is 1. The number of aromatic nitrogens is 2. The van der Waals surface area contributed by atoms with Crippen molar-refractivity contribution >= 4 is 29.0 Å². The second-order valence-electron chi connectivity index (χ2n) is 8.79. The first-order valence-corrected chi connectivity index (χ1v) is 11.7. The number of rotatable bonds is 3. The van der Waals surface area contributed by atoms with Crippen LogP contribution in [0.25, 0.3) is 0 Å². The molecule has 2 fully saturated rings. The van der Waals surface area contributed by atoms with Crippen LogP contribution in [0.2, 0.25) is 5.02 Å². The van der Waals surface area contributed by atoms with Crippen molar-refractivity contribution in [2.45, 2.75) is 63.7 Å². The van der Waals surface area contributed by atoms with Crippen LogP contribution >= 0.6 is 11.6 Å². The minimum Gasteiger partial charge on any atom is -0.342 e. The Kier molecular flexibility index (Phi) is 5.48. The van der Waals surface area contributed by atoms with Crippen LogP contribution in [-0.4, -0.2) is 51.1 Å². The average Bonchev–Trinajstić information content (AvgIpc) is 3.50. The Morgan fingerprint density at radius 3 is 2.90 bits per heavy atom. The van der Waals surface area contributed by atoms with Crippen LogP contribution < -0.4 is 10.6 Å². The fourth-order valence-corrected chi connectivity index (χ4v) is 5.17. The summed E-state index contributed by atoms with van der Waals surface area (Å²) in [5, 5.41) is 12.2. The fraction of sp³-hybridized carbons (Fsp3) is 0.522. The maximum Gasteiger partial charge on any atom is 0.275 e. The van der Waals surface area contributed by atoms with Gasteiger partial charge in [0.05, 0.1) is 16.6 Å². The van der Waals surface area contributed by atoms with E-state index in [1.165, 1.54) is 18.4 Å². The van der Waals surface area contributed by atoms with Gasteiger partial charge >= 0.3 is 0 Å². The van der Waals surface area contributed by atoms with Crippen LogP contribution in [0.1, 0.15) is 55.1 Å². The first-order chi connectivity index (χ1) is 15.1. The molecule has 1 aliphatic carbocycles. The van der Waals surface area contributed by atoms with Crippen LogP contribution in [0.4, 0.5) is 5.69 Å². The van der Waals surface area contributed by atoms with Gasteiger partial charge in [-0.15, -0.1) is 0 Å². The van der Waals surface area contributed by atoms with Gasteiger partial charge < -0.3 is 10.2 Å². The summed E-state index contributed by atoms with van der Waals surface area (Å²) in [4.78, 5) is 20.3. The average molecular weight is 441 g/mol. The van der Waals surface area contributed by atoms with Crippen molar-refractivity contribution < 1.29 is 4.79 Å². The lowest BCUT2D eigenvalue weighted by molar-refractivity contribution is 0.0779. The Morgan fingerprint density at radius 1 is 1.32 bits per heavy atom. The van der Waals surface area contributed by atoms with Gasteiger partial charge in [0, 0.05) is 38.1 Å². The lowest BCUT2D eigenvalue weighted by Crippen LogP contribution is -2.55. The van der Waals surface area contributed by atoms with Gasteiger partial charge in [0.1, 0.15) is 5.84 Å². The minimum absolute atomic E-state index is 0.113. The smallest absolute Gasteiger partial charge is 0.275 e. The van der Waals surface area contributed by atoms with Gasteiger partial charge in [-0.2, -0.15) is 5.10 Å². The third-order valence-electron chi connectivity index (χ3n) is 6.78. The zero-order valence-corrected chi connectivity index (χ0v) is 18.7. The molecule has 1 saturated carbocycles. The highest BCUT2D eigenvalue weighted by atomic mass is 35.5. The van der Waals surface area contributed by atoms with E-state index in [0.717, 1.165) is 37.3 Å². The number of fused-ring (bicyclic) bond motifs is 1. The predicted molar refractivity (Wildman–Crippen MR) is 123 cm³/mol. The van der Waals surface area contributed by atoms with E-state index in [1.54, 1.807) is 10.9 Å². The second kappa shape index (κ2) is 8.28. The summed E-state index contributed by atoms with van der Waals surface area (Å²) < 4.78 is 1.70. The van der Waals surface area contributed by atoms with E-state index in [1.807, 2.05) is 17.9 Å². The van der Waals surface area contributed by atoms with Crippen LogP contribution in [0.15, 0.2) is 35.5 Å². The van der Waals surface area contributed by atoms with Crippen molar-refractivity contribution in [1.82, 2.24) is 20.0 Å². The van der Waals surface area contributed by atoms with Gasteiger partial charge in [-0.1, -0.05) is 42.6 Å². The van der Waals surface area contributed by atoms with Crippen LogP contribution in [0.3, 0.4) is 0 Å². The van der Waals surface area contributed by atoms with E-state index < -0.39 is 5.54 Å². The van der Waals surface area contributed by atoms with Crippen molar-refractivity contribution in [1.29, 1.82) is 0 Å². The topological polar surface area (TPSA) is 74.6 Å². The van der Waals surface area contributed by atoms with Crippen molar-refractivity contribution in [2.24, 2.45) is 4.99 Å². The Morgan fingerprint density at radius 2 is 2.13 bits per heavy atom. The molecule has 1 amide bonds. The fourth-order valence-electron chi connectivity index (χ4n) is 4.94. The highest BCUT2D eigenvalue weighted by Gasteiger charge is 2.46. The zero-order chi connectivity index (χ0) is 21.4. The molecule has 0 radical (unpaired) electrons. The Balaban J connectivity index is 1.45. The number of carbonyl (C=O) groups is 1. The largest absolute Gasteiger partial charge is 0.342 e. The molecule has 31 heavy (non-hydrogen) atoms. The van der Waals surface area contributed by atoms with Gasteiger partial charge in [0.25, 0.3) is 5.91 Å². The molecule has 5 rings (SSSR count). The van der Waals surface area contributed by atoms with E-state index in [-0.39, 0.29) is 5.91 Å². The van der Waals surface area contributed by atoms with Gasteiger partial charge in [-0.05, 0) is 37.8 Å². The van der Waals surface area contributed by atoms with E-state index >= 15 is 0 Å². The van der Waals surface area contributed by atoms with Crippen LogP contribution in [0, 0.1) is 0 Å². The maximum absolute atomic E-state index is 13.3. The van der Waals surface area contributed by atoms with Gasteiger partial charge in [0.15, 0.2) is 5.69 Å². The summed E-state index contributed by atoms with van der Waals surface area (Å²) in [5.74, 6) is 0.850. The third kappa shape index (κ3) is 3.85. The molecule has 2 aromatic rings. The molecule has 0 unspecified atom stereocenters. The Bertz CT molecular complexity index is 1010. The van der Waals surface area contributed by atoms with E-state index in [2.05, 4.69) is 33.9 Å². The molecule has 3 aliphatic rings. The number of anilines is 1. The summed E-state index contributed by atoms with van der Waals surface area (Å²) in [6.07, 6.45) is 7.27. The number of nitrogens with zero attached hydrogens (tertiary/aromatic N) is 4. The first kappa shape index (κ1) is 20.5. The lowest BCUT2D eigenvalue weighted by Gasteiger charge is -2.31. The summed E-state index contributed by atoms with van der Waals surface area (Å²) in [6.45, 7) is 4.59. The molecule has 164 valence electrons. The molecule has 2 N–H and O–H groups in total. The zero-order valence-electron chi connectivity index (χ0n) is 17.9. The van der Waals surface area contributed by atoms with Crippen molar-refractivity contribution in [3.8, 4) is 0 Å². The van der Waals surface area contributed by atoms with Gasteiger partial charge in [-0.25, -0.2) is 0 Å². The Hall–Kier alpha value is -2.38. The normalized spacial score (nSPS) is 25.1. The Labute approximate surface area is 187 Å². The van der Waals surface area contributed by atoms with Crippen molar-refractivity contribution in [3.05, 3.63) is 46.7 Å². The standard InChI is InChI=1S/C23H29ClN6O/c1-2-30-14-18(24)20(28-30)21(31)29-12-11-23(15-29)22(26-17-8-4-5-9-17)27-19-10-6-3-7-16(19)13-25-23/h3,6-7,10,14,17,25H,2,4-5,8-9,11-13,15H2,1H3,(H,26,27)/t23-/m0/s1. The molecule has 1 atom stereocenters. The molecule has 1 aromatic carbocycles. The summed E-state index contributed by atoms with van der Waals surface area (Å²) in [5.41, 5.74) is 2.25. The number of aliphatic imine (C=N–C) groups is 1. The number of likely N-dealkylation sites (tertiary alicyclic amines) is 1. The number of nitrogens with one attached hydrogen (secondary N) is 2. The number of aryl methyl sites for hydroxylation is 1. The predicted octanol–water partition coefficient (Wildman–Crippen LogP) is 3.70. The quantitative estimate of drug-likeness (QED) is 0.763. The van der Waals surface area contributed by atoms with Crippen LogP contribution in [-0.2, 0) is 13.1 Å². The van der Waals surface area contributed by atoms with Crippen LogP contribution in [0.5, 0.6) is 0 Å². The minimum atomic E-state index is -0.392. The summed E-state index contributed by atoms with van der Waals surface area (Å²) in [6, 6.07) is 8.70. The maximum atomic E-state index is 13.3. The molecule has 7 nitrogen and oxygen atoms in total. The highest BCUT2D eigenvalue weighted by molar-refractivity contribution is 6.33. The molecule has 8 heteroatoms.